The fourth-order valence-electron chi connectivity index (χ4n) is 3.56. The van der Waals surface area contributed by atoms with Gasteiger partial charge in [-0.3, -0.25) is 9.36 Å². The number of nitrogens with zero attached hydrogens (tertiary/aromatic N) is 3. The van der Waals surface area contributed by atoms with Crippen LogP contribution in [-0.4, -0.2) is 96.5 Å². The van der Waals surface area contributed by atoms with Crippen molar-refractivity contribution >= 4 is 35.2 Å². The molecule has 0 aliphatic carbocycles. The second kappa shape index (κ2) is 11.8. The molecule has 0 bridgehead atoms. The number of aromatic nitrogens is 4. The van der Waals surface area contributed by atoms with E-state index in [0.29, 0.717) is 30.2 Å². The minimum Gasteiger partial charge on any atom is -0.394 e. The van der Waals surface area contributed by atoms with Crippen LogP contribution in [0.1, 0.15) is 31.9 Å². The summed E-state index contributed by atoms with van der Waals surface area (Å²) in [5.74, 6) is 0.0818. The van der Waals surface area contributed by atoms with Gasteiger partial charge in [0, 0.05) is 13.1 Å². The first kappa shape index (κ1) is 25.4. The molecule has 33 heavy (non-hydrogen) atoms. The highest BCUT2D eigenvalue weighted by Crippen LogP contribution is 2.31. The van der Waals surface area contributed by atoms with E-state index < -0.39 is 37.2 Å². The first-order valence-corrected chi connectivity index (χ1v) is 11.3. The zero-order chi connectivity index (χ0) is 24.0. The van der Waals surface area contributed by atoms with Gasteiger partial charge in [-0.25, -0.2) is 9.97 Å². The van der Waals surface area contributed by atoms with Crippen LogP contribution in [0.3, 0.4) is 0 Å². The summed E-state index contributed by atoms with van der Waals surface area (Å²) in [5, 5.41) is 44.3. The predicted octanol–water partition coefficient (Wildman–Crippen LogP) is -1.49. The third-order valence-electron chi connectivity index (χ3n) is 5.47. The van der Waals surface area contributed by atoms with E-state index in [4.69, 9.17) is 27.8 Å². The molecule has 13 nitrogen and oxygen atoms in total. The van der Waals surface area contributed by atoms with Crippen molar-refractivity contribution in [2.24, 2.45) is 5.73 Å². The Labute approximate surface area is 195 Å². The highest BCUT2D eigenvalue weighted by Gasteiger charge is 2.43. The van der Waals surface area contributed by atoms with Gasteiger partial charge in [-0.2, -0.15) is 0 Å². The van der Waals surface area contributed by atoms with E-state index in [1.54, 1.807) is 0 Å². The number of aliphatic hydroxyl groups is 4. The Bertz CT molecular complexity index is 985. The number of amides is 1. The number of H-pyrrole nitrogens is 1. The number of hydrogen-bond acceptors (Lipinski definition) is 11. The van der Waals surface area contributed by atoms with Crippen LogP contribution in [0.5, 0.6) is 0 Å². The number of unbranched alkanes of at least 4 members (excludes halogenated alkanes) is 3. The molecule has 1 aliphatic rings. The molecule has 14 heteroatoms. The first-order valence-electron chi connectivity index (χ1n) is 10.8. The summed E-state index contributed by atoms with van der Waals surface area (Å²) in [7, 11) is 0. The van der Waals surface area contributed by atoms with Crippen LogP contribution in [0.25, 0.3) is 11.2 Å². The summed E-state index contributed by atoms with van der Waals surface area (Å²) in [4.78, 5) is 23.1. The minimum atomic E-state index is -1.24. The van der Waals surface area contributed by atoms with Crippen molar-refractivity contribution in [3.8, 4) is 0 Å². The second-order valence-corrected chi connectivity index (χ2v) is 8.28. The molecule has 2 aromatic rings. The largest absolute Gasteiger partial charge is 0.394 e. The van der Waals surface area contributed by atoms with Gasteiger partial charge < -0.3 is 46.5 Å². The maximum Gasteiger partial charge on any atom is 0.239 e. The van der Waals surface area contributed by atoms with Crippen LogP contribution in [0.4, 0.5) is 5.95 Å². The van der Waals surface area contributed by atoms with Gasteiger partial charge >= 0.3 is 0 Å². The molecule has 0 aromatic carbocycles. The summed E-state index contributed by atoms with van der Waals surface area (Å²) in [5.41, 5.74) is 6.33. The van der Waals surface area contributed by atoms with E-state index >= 15 is 0 Å². The Morgan fingerprint density at radius 3 is 2.64 bits per heavy atom. The van der Waals surface area contributed by atoms with Crippen LogP contribution >= 0.6 is 12.2 Å². The molecule has 3 rings (SSSR count). The number of imidazole rings is 1. The summed E-state index contributed by atoms with van der Waals surface area (Å²) < 4.78 is 7.38. The molecule has 2 aromatic heterocycles. The van der Waals surface area contributed by atoms with E-state index in [1.165, 1.54) is 10.9 Å². The molecule has 0 saturated carbocycles. The predicted molar refractivity (Wildman–Crippen MR) is 121 cm³/mol. The average molecular weight is 486 g/mol. The molecule has 9 N–H and O–H groups in total. The Morgan fingerprint density at radius 2 is 1.97 bits per heavy atom. The fourth-order valence-corrected chi connectivity index (χ4v) is 3.80. The number of ether oxygens (including phenoxy) is 1. The lowest BCUT2D eigenvalue weighted by Gasteiger charge is -2.17. The van der Waals surface area contributed by atoms with Crippen molar-refractivity contribution < 1.29 is 30.0 Å². The van der Waals surface area contributed by atoms with Crippen LogP contribution in [0.2, 0.25) is 0 Å². The van der Waals surface area contributed by atoms with Crippen LogP contribution in [-0.2, 0) is 9.53 Å². The maximum absolute atomic E-state index is 11.5. The van der Waals surface area contributed by atoms with Gasteiger partial charge in [0.1, 0.15) is 35.5 Å². The molecule has 3 heterocycles. The zero-order valence-electron chi connectivity index (χ0n) is 18.1. The standard InChI is InChI=1S/C19H31N7O6S/c20-10(7-27)16(31)21-5-3-1-2-4-6-22-19-24-15-12(17(33)25-19)23-9-26(15)18-14(30)13(29)11(8-28)32-18/h9-11,13-14,18,27-30H,1-8,20H2,(H,21,31)(H2,22,24,25,33)/t10?,11-,13?,14+,18-/m1/s1. The maximum atomic E-state index is 11.5. The number of aliphatic hydroxyl groups excluding tert-OH is 4. The van der Waals surface area contributed by atoms with Gasteiger partial charge in [0.15, 0.2) is 10.9 Å². The highest BCUT2D eigenvalue weighted by atomic mass is 32.1. The number of rotatable bonds is 12. The molecule has 5 atom stereocenters. The van der Waals surface area contributed by atoms with Crippen molar-refractivity contribution in [2.45, 2.75) is 56.3 Å². The van der Waals surface area contributed by atoms with Gasteiger partial charge in [-0.05, 0) is 12.8 Å². The average Bonchev–Trinajstić information content (AvgIpc) is 3.35. The van der Waals surface area contributed by atoms with Crippen LogP contribution in [0.15, 0.2) is 6.33 Å². The summed E-state index contributed by atoms with van der Waals surface area (Å²) in [6, 6.07) is -0.884. The third kappa shape index (κ3) is 6.03. The lowest BCUT2D eigenvalue weighted by atomic mass is 10.1. The quantitative estimate of drug-likeness (QED) is 0.128. The molecule has 1 amide bonds. The number of hydrogen-bond donors (Lipinski definition) is 8. The Morgan fingerprint density at radius 1 is 1.24 bits per heavy atom. The van der Waals surface area contributed by atoms with Gasteiger partial charge in [0.05, 0.1) is 19.5 Å². The normalized spacial score (nSPS) is 23.7. The molecule has 2 unspecified atom stereocenters. The Kier molecular flexibility index (Phi) is 9.08. The Hall–Kier alpha value is -2.20. The SMILES string of the molecule is NC(CO)C(=O)NCCCCCCNc1nc(=S)c2ncn([C@@H]3O[C@H](CO)C(O)[C@@H]3O)c2[nH]1. The van der Waals surface area contributed by atoms with Crippen molar-refractivity contribution in [1.82, 2.24) is 24.8 Å². The molecule has 1 fully saturated rings. The van der Waals surface area contributed by atoms with E-state index in [-0.39, 0.29) is 17.2 Å². The first-order chi connectivity index (χ1) is 15.9. The number of anilines is 1. The molecule has 1 saturated heterocycles. The van der Waals surface area contributed by atoms with E-state index in [9.17, 15) is 20.1 Å². The highest BCUT2D eigenvalue weighted by molar-refractivity contribution is 7.71. The number of aromatic amines is 1. The molecule has 0 radical (unpaired) electrons. The molecule has 184 valence electrons. The smallest absolute Gasteiger partial charge is 0.239 e. The summed E-state index contributed by atoms with van der Waals surface area (Å²) >= 11 is 5.33. The van der Waals surface area contributed by atoms with Crippen molar-refractivity contribution in [3.63, 3.8) is 0 Å². The molecular weight excluding hydrogens is 454 g/mol. The van der Waals surface area contributed by atoms with E-state index in [0.717, 1.165) is 25.7 Å². The van der Waals surface area contributed by atoms with Gasteiger partial charge in [0.25, 0.3) is 0 Å². The van der Waals surface area contributed by atoms with E-state index in [1.807, 2.05) is 0 Å². The van der Waals surface area contributed by atoms with Crippen molar-refractivity contribution in [2.75, 3.05) is 31.6 Å². The monoisotopic (exact) mass is 485 g/mol. The van der Waals surface area contributed by atoms with Crippen LogP contribution < -0.4 is 16.4 Å². The van der Waals surface area contributed by atoms with Crippen LogP contribution in [0, 0.1) is 4.64 Å². The summed E-state index contributed by atoms with van der Waals surface area (Å²) in [6.07, 6.45) is 0.651. The number of carbonyl (C=O) groups excluding carboxylic acids is 1. The Balaban J connectivity index is 1.50. The van der Waals surface area contributed by atoms with E-state index in [2.05, 4.69) is 25.6 Å². The second-order valence-electron chi connectivity index (χ2n) is 7.89. The zero-order valence-corrected chi connectivity index (χ0v) is 18.9. The summed E-state index contributed by atoms with van der Waals surface area (Å²) in [6.45, 7) is 0.346. The minimum absolute atomic E-state index is 0.272. The van der Waals surface area contributed by atoms with Crippen molar-refractivity contribution in [3.05, 3.63) is 11.0 Å². The molecular formula is C19H31N7O6S. The van der Waals surface area contributed by atoms with Gasteiger partial charge in [0.2, 0.25) is 11.9 Å². The van der Waals surface area contributed by atoms with Gasteiger partial charge in [-0.1, -0.05) is 25.1 Å². The molecule has 1 aliphatic heterocycles. The van der Waals surface area contributed by atoms with Crippen molar-refractivity contribution in [1.29, 1.82) is 0 Å². The molecule has 0 spiro atoms. The lowest BCUT2D eigenvalue weighted by molar-refractivity contribution is -0.123. The number of nitrogens with one attached hydrogen (secondary N) is 3. The number of fused-ring (bicyclic) bond motifs is 1. The number of carbonyl (C=O) groups is 1. The lowest BCUT2D eigenvalue weighted by Crippen LogP contribution is -2.43. The fraction of sp³-hybridized carbons (Fsp3) is 0.684. The number of nitrogens with two attached hydrogens (primary N) is 1. The third-order valence-corrected chi connectivity index (χ3v) is 5.75. The topological polar surface area (TPSA) is 204 Å². The van der Waals surface area contributed by atoms with Gasteiger partial charge in [-0.15, -0.1) is 0 Å².